The summed E-state index contributed by atoms with van der Waals surface area (Å²) in [6.45, 7) is 3.79. The van der Waals surface area contributed by atoms with E-state index in [1.165, 1.54) is 0 Å². The number of nitrogens with one attached hydrogen (secondary N) is 1. The van der Waals surface area contributed by atoms with Crippen LogP contribution in [0.3, 0.4) is 0 Å². The van der Waals surface area contributed by atoms with Gasteiger partial charge in [-0.15, -0.1) is 0 Å². The van der Waals surface area contributed by atoms with Crippen LogP contribution in [0.1, 0.15) is 34.8 Å². The van der Waals surface area contributed by atoms with Crippen LogP contribution in [0.15, 0.2) is 63.4 Å². The monoisotopic (exact) mass is 319 g/mol. The number of aryl methyl sites for hydroxylation is 1. The molecule has 2 heterocycles. The van der Waals surface area contributed by atoms with Gasteiger partial charge < -0.3 is 14.2 Å². The van der Waals surface area contributed by atoms with Crippen molar-refractivity contribution in [3.05, 3.63) is 71.7 Å². The smallest absolute Gasteiger partial charge is 0.287 e. The van der Waals surface area contributed by atoms with Crippen LogP contribution in [0.4, 0.5) is 0 Å². The fourth-order valence-electron chi connectivity index (χ4n) is 2.94. The molecular weight excluding hydrogens is 302 g/mol. The highest BCUT2D eigenvalue weighted by atomic mass is 16.3. The number of amides is 1. The lowest BCUT2D eigenvalue weighted by Gasteiger charge is -2.10. The van der Waals surface area contributed by atoms with Gasteiger partial charge in [0.15, 0.2) is 5.76 Å². The molecule has 0 saturated heterocycles. The second kappa shape index (κ2) is 5.57. The molecular formula is C20H17NO3. The van der Waals surface area contributed by atoms with Gasteiger partial charge in [0.05, 0.1) is 6.04 Å². The van der Waals surface area contributed by atoms with Crippen LogP contribution in [-0.4, -0.2) is 5.91 Å². The molecule has 0 radical (unpaired) electrons. The number of para-hydroxylation sites is 2. The normalized spacial score (nSPS) is 12.6. The minimum absolute atomic E-state index is 0.239. The Hall–Kier alpha value is -3.01. The Morgan fingerprint density at radius 1 is 1.00 bits per heavy atom. The quantitative estimate of drug-likeness (QED) is 0.579. The predicted octanol–water partition coefficient (Wildman–Crippen LogP) is 4.98. The Labute approximate surface area is 139 Å². The van der Waals surface area contributed by atoms with Gasteiger partial charge in [-0.3, -0.25) is 4.79 Å². The largest absolute Gasteiger partial charge is 0.459 e. The van der Waals surface area contributed by atoms with Crippen LogP contribution in [-0.2, 0) is 0 Å². The first-order valence-electron chi connectivity index (χ1n) is 7.91. The summed E-state index contributed by atoms with van der Waals surface area (Å²) in [7, 11) is 0. The molecule has 0 saturated carbocycles. The molecule has 120 valence electrons. The standard InChI is InChI=1S/C20H17NO3/c1-12-15-8-4-6-10-17(15)24-19(12)20(22)21-13(2)18-11-14-7-3-5-9-16(14)23-18/h3-11,13H,1-2H3,(H,21,22)/t13-/m1/s1. The summed E-state index contributed by atoms with van der Waals surface area (Å²) in [6, 6.07) is 17.1. The fourth-order valence-corrected chi connectivity index (χ4v) is 2.94. The molecule has 2 aromatic carbocycles. The lowest BCUT2D eigenvalue weighted by atomic mass is 10.1. The molecule has 0 bridgehead atoms. The highest BCUT2D eigenvalue weighted by molar-refractivity contribution is 5.99. The molecule has 0 aliphatic carbocycles. The Morgan fingerprint density at radius 2 is 1.71 bits per heavy atom. The summed E-state index contributed by atoms with van der Waals surface area (Å²) >= 11 is 0. The zero-order valence-corrected chi connectivity index (χ0v) is 13.5. The Balaban J connectivity index is 1.61. The summed E-state index contributed by atoms with van der Waals surface area (Å²) in [4.78, 5) is 12.6. The molecule has 4 rings (SSSR count). The molecule has 0 aliphatic heterocycles. The van der Waals surface area contributed by atoms with E-state index in [1.54, 1.807) is 0 Å². The minimum Gasteiger partial charge on any atom is -0.459 e. The van der Waals surface area contributed by atoms with Crippen molar-refractivity contribution in [1.29, 1.82) is 0 Å². The number of hydrogen-bond acceptors (Lipinski definition) is 3. The molecule has 1 atom stereocenters. The van der Waals surface area contributed by atoms with Gasteiger partial charge in [-0.05, 0) is 32.0 Å². The summed E-state index contributed by atoms with van der Waals surface area (Å²) in [5.41, 5.74) is 2.38. The number of carbonyl (C=O) groups excluding carboxylic acids is 1. The van der Waals surface area contributed by atoms with Gasteiger partial charge >= 0.3 is 0 Å². The Morgan fingerprint density at radius 3 is 2.46 bits per heavy atom. The van der Waals surface area contributed by atoms with E-state index < -0.39 is 0 Å². The third-order valence-electron chi connectivity index (χ3n) is 4.27. The first-order valence-corrected chi connectivity index (χ1v) is 7.91. The minimum atomic E-state index is -0.252. The number of benzene rings is 2. The summed E-state index contributed by atoms with van der Waals surface area (Å²) in [5.74, 6) is 0.828. The topological polar surface area (TPSA) is 55.4 Å². The van der Waals surface area contributed by atoms with Gasteiger partial charge in [0.2, 0.25) is 0 Å². The molecule has 1 N–H and O–H groups in total. The van der Waals surface area contributed by atoms with Crippen molar-refractivity contribution in [3.8, 4) is 0 Å². The average molecular weight is 319 g/mol. The van der Waals surface area contributed by atoms with E-state index in [-0.39, 0.29) is 11.9 Å². The van der Waals surface area contributed by atoms with Gasteiger partial charge in [-0.2, -0.15) is 0 Å². The first kappa shape index (κ1) is 14.6. The Kier molecular flexibility index (Phi) is 3.38. The molecule has 0 spiro atoms. The number of rotatable bonds is 3. The van der Waals surface area contributed by atoms with E-state index in [0.717, 1.165) is 33.3 Å². The van der Waals surface area contributed by atoms with Crippen LogP contribution < -0.4 is 5.32 Å². The van der Waals surface area contributed by atoms with E-state index >= 15 is 0 Å². The maximum atomic E-state index is 12.6. The molecule has 0 fully saturated rings. The molecule has 2 aromatic heterocycles. The van der Waals surface area contributed by atoms with Gasteiger partial charge in [-0.1, -0.05) is 36.4 Å². The number of carbonyl (C=O) groups is 1. The molecule has 0 aliphatic rings. The van der Waals surface area contributed by atoms with Crippen molar-refractivity contribution >= 4 is 27.8 Å². The van der Waals surface area contributed by atoms with Gasteiger partial charge in [0.1, 0.15) is 16.9 Å². The molecule has 4 nitrogen and oxygen atoms in total. The molecule has 4 aromatic rings. The predicted molar refractivity (Wildman–Crippen MR) is 93.0 cm³/mol. The SMILES string of the molecule is Cc1c(C(=O)N[C@H](C)c2cc3ccccc3o2)oc2ccccc12. The summed E-state index contributed by atoms with van der Waals surface area (Å²) in [6.07, 6.45) is 0. The van der Waals surface area contributed by atoms with Crippen LogP contribution in [0.2, 0.25) is 0 Å². The fraction of sp³-hybridized carbons (Fsp3) is 0.150. The van der Waals surface area contributed by atoms with Crippen molar-refractivity contribution < 1.29 is 13.6 Å². The van der Waals surface area contributed by atoms with E-state index in [2.05, 4.69) is 5.32 Å². The Bertz CT molecular complexity index is 1010. The molecule has 4 heteroatoms. The summed E-state index contributed by atoms with van der Waals surface area (Å²) in [5, 5.41) is 4.93. The highest BCUT2D eigenvalue weighted by Gasteiger charge is 2.21. The molecule has 24 heavy (non-hydrogen) atoms. The third kappa shape index (κ3) is 2.36. The van der Waals surface area contributed by atoms with E-state index in [0.29, 0.717) is 5.76 Å². The third-order valence-corrected chi connectivity index (χ3v) is 4.27. The van der Waals surface area contributed by atoms with Crippen LogP contribution >= 0.6 is 0 Å². The lowest BCUT2D eigenvalue weighted by molar-refractivity contribution is 0.0909. The second-order valence-electron chi connectivity index (χ2n) is 5.93. The van der Waals surface area contributed by atoms with E-state index in [4.69, 9.17) is 8.83 Å². The van der Waals surface area contributed by atoms with Crippen molar-refractivity contribution in [1.82, 2.24) is 5.32 Å². The van der Waals surface area contributed by atoms with Crippen molar-refractivity contribution in [2.45, 2.75) is 19.9 Å². The van der Waals surface area contributed by atoms with Gasteiger partial charge in [0.25, 0.3) is 5.91 Å². The lowest BCUT2D eigenvalue weighted by Crippen LogP contribution is -2.26. The zero-order valence-electron chi connectivity index (χ0n) is 13.5. The van der Waals surface area contributed by atoms with Crippen molar-refractivity contribution in [2.75, 3.05) is 0 Å². The number of hydrogen-bond donors (Lipinski definition) is 1. The maximum absolute atomic E-state index is 12.6. The van der Waals surface area contributed by atoms with E-state index in [9.17, 15) is 4.79 Å². The van der Waals surface area contributed by atoms with Gasteiger partial charge in [-0.25, -0.2) is 0 Å². The van der Waals surface area contributed by atoms with Crippen molar-refractivity contribution in [3.63, 3.8) is 0 Å². The average Bonchev–Trinajstić information content (AvgIpc) is 3.17. The molecule has 0 unspecified atom stereocenters. The first-order chi connectivity index (χ1) is 11.6. The van der Waals surface area contributed by atoms with Crippen LogP contribution in [0.25, 0.3) is 21.9 Å². The second-order valence-corrected chi connectivity index (χ2v) is 5.93. The van der Waals surface area contributed by atoms with Gasteiger partial charge in [0, 0.05) is 16.3 Å². The summed E-state index contributed by atoms with van der Waals surface area (Å²) < 4.78 is 11.5. The number of furan rings is 2. The van der Waals surface area contributed by atoms with Crippen LogP contribution in [0.5, 0.6) is 0 Å². The highest BCUT2D eigenvalue weighted by Crippen LogP contribution is 2.27. The number of fused-ring (bicyclic) bond motifs is 2. The zero-order chi connectivity index (χ0) is 16.7. The van der Waals surface area contributed by atoms with Crippen molar-refractivity contribution in [2.24, 2.45) is 0 Å². The maximum Gasteiger partial charge on any atom is 0.287 e. The van der Waals surface area contributed by atoms with E-state index in [1.807, 2.05) is 68.4 Å². The van der Waals surface area contributed by atoms with Crippen LogP contribution in [0, 0.1) is 6.92 Å². The molecule has 1 amide bonds.